The summed E-state index contributed by atoms with van der Waals surface area (Å²) in [5.74, 6) is 0.569. The standard InChI is InChI=1S/C9H10N2O.C2H6/c1-4-9-8(7(2)12-3)5-6-10-11-9;1-2/h4-6H,1-2H2,3H3;1-2H3. The number of nitrogens with zero attached hydrogens (tertiary/aromatic N) is 2. The molecule has 0 aliphatic carbocycles. The van der Waals surface area contributed by atoms with Crippen molar-refractivity contribution in [2.45, 2.75) is 13.8 Å². The fourth-order valence-electron chi connectivity index (χ4n) is 0.839. The van der Waals surface area contributed by atoms with Gasteiger partial charge in [0.2, 0.25) is 0 Å². The van der Waals surface area contributed by atoms with Crippen LogP contribution >= 0.6 is 0 Å². The van der Waals surface area contributed by atoms with Crippen LogP contribution in [0.2, 0.25) is 0 Å². The number of hydrogen-bond acceptors (Lipinski definition) is 3. The molecule has 1 heterocycles. The molecule has 14 heavy (non-hydrogen) atoms. The quantitative estimate of drug-likeness (QED) is 0.691. The highest BCUT2D eigenvalue weighted by Crippen LogP contribution is 2.15. The molecule has 0 amide bonds. The van der Waals surface area contributed by atoms with Crippen LogP contribution in [0.4, 0.5) is 0 Å². The zero-order chi connectivity index (χ0) is 11.0. The Morgan fingerprint density at radius 1 is 1.50 bits per heavy atom. The van der Waals surface area contributed by atoms with Crippen LogP contribution in [0.15, 0.2) is 25.4 Å². The summed E-state index contributed by atoms with van der Waals surface area (Å²) in [7, 11) is 1.57. The number of ether oxygens (including phenoxy) is 1. The monoisotopic (exact) mass is 192 g/mol. The Labute approximate surface area is 85.1 Å². The number of rotatable bonds is 3. The van der Waals surface area contributed by atoms with Crippen LogP contribution in [0.1, 0.15) is 25.1 Å². The average Bonchev–Trinajstić information content (AvgIpc) is 2.30. The van der Waals surface area contributed by atoms with Crippen LogP contribution in [0.5, 0.6) is 0 Å². The summed E-state index contributed by atoms with van der Waals surface area (Å²) in [4.78, 5) is 0. The highest BCUT2D eigenvalue weighted by atomic mass is 16.5. The van der Waals surface area contributed by atoms with Crippen LogP contribution in [-0.2, 0) is 4.74 Å². The molecule has 0 N–H and O–H groups in total. The maximum Gasteiger partial charge on any atom is 0.121 e. The average molecular weight is 192 g/mol. The fourth-order valence-corrected chi connectivity index (χ4v) is 0.839. The normalized spacial score (nSPS) is 8.21. The van der Waals surface area contributed by atoms with Crippen molar-refractivity contribution in [3.8, 4) is 0 Å². The van der Waals surface area contributed by atoms with Gasteiger partial charge in [-0.25, -0.2) is 0 Å². The van der Waals surface area contributed by atoms with Crippen LogP contribution in [0.3, 0.4) is 0 Å². The van der Waals surface area contributed by atoms with Gasteiger partial charge in [0.15, 0.2) is 0 Å². The van der Waals surface area contributed by atoms with E-state index in [4.69, 9.17) is 4.74 Å². The van der Waals surface area contributed by atoms with Gasteiger partial charge in [0.1, 0.15) is 5.76 Å². The van der Waals surface area contributed by atoms with Crippen LogP contribution in [0, 0.1) is 0 Å². The summed E-state index contributed by atoms with van der Waals surface area (Å²) in [6.07, 6.45) is 3.21. The summed E-state index contributed by atoms with van der Waals surface area (Å²) < 4.78 is 4.97. The van der Waals surface area contributed by atoms with Gasteiger partial charge in [-0.2, -0.15) is 10.2 Å². The molecule has 0 aliphatic heterocycles. The molecule has 0 aliphatic rings. The molecule has 1 rings (SSSR count). The molecule has 3 heteroatoms. The van der Waals surface area contributed by atoms with E-state index < -0.39 is 0 Å². The highest BCUT2D eigenvalue weighted by Gasteiger charge is 2.03. The topological polar surface area (TPSA) is 35.0 Å². The molecule has 0 atom stereocenters. The minimum absolute atomic E-state index is 0.569. The largest absolute Gasteiger partial charge is 0.497 e. The lowest BCUT2D eigenvalue weighted by Crippen LogP contribution is -1.94. The van der Waals surface area contributed by atoms with Gasteiger partial charge in [0.25, 0.3) is 0 Å². The van der Waals surface area contributed by atoms with Gasteiger partial charge in [-0.1, -0.05) is 27.0 Å². The second kappa shape index (κ2) is 6.83. The maximum atomic E-state index is 4.97. The molecule has 76 valence electrons. The zero-order valence-corrected chi connectivity index (χ0v) is 8.95. The predicted octanol–water partition coefficient (Wildman–Crippen LogP) is 2.76. The third-order valence-corrected chi connectivity index (χ3v) is 1.49. The van der Waals surface area contributed by atoms with Crippen LogP contribution in [-0.4, -0.2) is 17.3 Å². The Kier molecular flexibility index (Phi) is 6.03. The second-order valence-corrected chi connectivity index (χ2v) is 2.16. The molecule has 0 saturated carbocycles. The van der Waals surface area contributed by atoms with Crippen LogP contribution < -0.4 is 0 Å². The molecule has 0 bridgehead atoms. The van der Waals surface area contributed by atoms with Gasteiger partial charge >= 0.3 is 0 Å². The number of hydrogen-bond donors (Lipinski definition) is 0. The van der Waals surface area contributed by atoms with E-state index in [1.165, 1.54) is 0 Å². The summed E-state index contributed by atoms with van der Waals surface area (Å²) in [6, 6.07) is 1.79. The number of methoxy groups -OCH3 is 1. The molecule has 0 spiro atoms. The Bertz CT molecular complexity index is 308. The Balaban J connectivity index is 0.000000791. The lowest BCUT2D eigenvalue weighted by molar-refractivity contribution is 0.371. The lowest BCUT2D eigenvalue weighted by Gasteiger charge is -2.05. The van der Waals surface area contributed by atoms with E-state index in [0.29, 0.717) is 11.5 Å². The van der Waals surface area contributed by atoms with Crippen LogP contribution in [0.25, 0.3) is 11.8 Å². The molecular weight excluding hydrogens is 176 g/mol. The van der Waals surface area contributed by atoms with E-state index >= 15 is 0 Å². The first-order chi connectivity index (χ1) is 6.79. The third kappa shape index (κ3) is 3.01. The maximum absolute atomic E-state index is 4.97. The Hall–Kier alpha value is -1.64. The fraction of sp³-hybridized carbons (Fsp3) is 0.273. The molecular formula is C11H16N2O. The van der Waals surface area contributed by atoms with Gasteiger partial charge in [-0.15, -0.1) is 0 Å². The van der Waals surface area contributed by atoms with E-state index in [1.807, 2.05) is 13.8 Å². The summed E-state index contributed by atoms with van der Waals surface area (Å²) in [5.41, 5.74) is 1.51. The minimum Gasteiger partial charge on any atom is -0.497 e. The molecule has 0 aromatic carbocycles. The van der Waals surface area contributed by atoms with Crippen molar-refractivity contribution < 1.29 is 4.74 Å². The van der Waals surface area contributed by atoms with Crippen molar-refractivity contribution in [3.63, 3.8) is 0 Å². The van der Waals surface area contributed by atoms with Crippen molar-refractivity contribution in [1.29, 1.82) is 0 Å². The van der Waals surface area contributed by atoms with Crippen molar-refractivity contribution in [1.82, 2.24) is 10.2 Å². The summed E-state index contributed by atoms with van der Waals surface area (Å²) >= 11 is 0. The van der Waals surface area contributed by atoms with E-state index in [-0.39, 0.29) is 0 Å². The van der Waals surface area contributed by atoms with Gasteiger partial charge in [-0.3, -0.25) is 0 Å². The Morgan fingerprint density at radius 3 is 2.64 bits per heavy atom. The predicted molar refractivity (Wildman–Crippen MR) is 59.5 cm³/mol. The van der Waals surface area contributed by atoms with Crippen molar-refractivity contribution in [2.75, 3.05) is 7.11 Å². The van der Waals surface area contributed by atoms with Gasteiger partial charge in [-0.05, 0) is 12.1 Å². The first-order valence-electron chi connectivity index (χ1n) is 4.47. The summed E-state index contributed by atoms with van der Waals surface area (Å²) in [6.45, 7) is 11.3. The number of aromatic nitrogens is 2. The molecule has 1 aromatic heterocycles. The van der Waals surface area contributed by atoms with Crippen molar-refractivity contribution >= 4 is 11.8 Å². The lowest BCUT2D eigenvalue weighted by atomic mass is 10.2. The van der Waals surface area contributed by atoms with Gasteiger partial charge < -0.3 is 4.74 Å². The molecule has 0 saturated heterocycles. The first kappa shape index (κ1) is 12.4. The van der Waals surface area contributed by atoms with Crippen molar-refractivity contribution in [3.05, 3.63) is 36.7 Å². The molecule has 0 radical (unpaired) electrons. The van der Waals surface area contributed by atoms with Gasteiger partial charge in [0, 0.05) is 5.56 Å². The van der Waals surface area contributed by atoms with E-state index in [0.717, 1.165) is 5.56 Å². The third-order valence-electron chi connectivity index (χ3n) is 1.49. The molecule has 3 nitrogen and oxygen atoms in total. The van der Waals surface area contributed by atoms with E-state index in [2.05, 4.69) is 23.4 Å². The minimum atomic E-state index is 0.569. The second-order valence-electron chi connectivity index (χ2n) is 2.16. The molecule has 1 aromatic rings. The Morgan fingerprint density at radius 2 is 2.14 bits per heavy atom. The van der Waals surface area contributed by atoms with Gasteiger partial charge in [0.05, 0.1) is 19.0 Å². The first-order valence-corrected chi connectivity index (χ1v) is 4.47. The SMILES string of the molecule is C=Cc1nnccc1C(=C)OC.CC. The zero-order valence-electron chi connectivity index (χ0n) is 8.95. The highest BCUT2D eigenvalue weighted by molar-refractivity contribution is 5.65. The van der Waals surface area contributed by atoms with E-state index in [9.17, 15) is 0 Å². The molecule has 0 fully saturated rings. The molecule has 0 unspecified atom stereocenters. The van der Waals surface area contributed by atoms with Crippen molar-refractivity contribution in [2.24, 2.45) is 0 Å². The van der Waals surface area contributed by atoms with E-state index in [1.54, 1.807) is 25.4 Å². The smallest absolute Gasteiger partial charge is 0.121 e. The summed E-state index contributed by atoms with van der Waals surface area (Å²) in [5, 5.41) is 7.57.